The summed E-state index contributed by atoms with van der Waals surface area (Å²) in [4.78, 5) is 17.5. The van der Waals surface area contributed by atoms with E-state index in [4.69, 9.17) is 10.5 Å². The Morgan fingerprint density at radius 2 is 2.14 bits per heavy atom. The van der Waals surface area contributed by atoms with E-state index < -0.39 is 0 Å². The first-order chi connectivity index (χ1) is 10.5. The Balaban J connectivity index is 2.09. The zero-order valence-electron chi connectivity index (χ0n) is 12.4. The summed E-state index contributed by atoms with van der Waals surface area (Å²) in [6.07, 6.45) is -0.0498. The highest BCUT2D eigenvalue weighted by atomic mass is 79.9. The third-order valence-corrected chi connectivity index (χ3v) is 4.58. The maximum Gasteiger partial charge on any atom is 0.228 e. The molecule has 7 heteroatoms. The fraction of sp³-hybridized carbons (Fsp3) is 0.333. The van der Waals surface area contributed by atoms with Crippen LogP contribution in [0.4, 0.5) is 5.13 Å². The van der Waals surface area contributed by atoms with Gasteiger partial charge in [-0.1, -0.05) is 28.1 Å². The van der Waals surface area contributed by atoms with Gasteiger partial charge in [-0.25, -0.2) is 4.98 Å². The molecule has 0 spiro atoms. The van der Waals surface area contributed by atoms with Crippen LogP contribution in [0.15, 0.2) is 28.7 Å². The first-order valence-electron chi connectivity index (χ1n) is 6.79. The minimum Gasteiger partial charge on any atom is -0.380 e. The molecule has 2 aromatic rings. The van der Waals surface area contributed by atoms with Gasteiger partial charge in [0.25, 0.3) is 0 Å². The Labute approximate surface area is 142 Å². The zero-order valence-corrected chi connectivity index (χ0v) is 14.8. The smallest absolute Gasteiger partial charge is 0.228 e. The zero-order chi connectivity index (χ0) is 16.1. The van der Waals surface area contributed by atoms with Gasteiger partial charge in [-0.15, -0.1) is 11.3 Å². The average Bonchev–Trinajstić information content (AvgIpc) is 2.86. The molecule has 22 heavy (non-hydrogen) atoms. The van der Waals surface area contributed by atoms with Crippen LogP contribution in [0.1, 0.15) is 11.3 Å². The highest BCUT2D eigenvalue weighted by Crippen LogP contribution is 2.31. The Bertz CT molecular complexity index is 639. The van der Waals surface area contributed by atoms with Gasteiger partial charge in [0.2, 0.25) is 5.91 Å². The molecule has 1 aromatic carbocycles. The number of thiazole rings is 1. The fourth-order valence-electron chi connectivity index (χ4n) is 1.97. The number of rotatable bonds is 6. The van der Waals surface area contributed by atoms with Crippen LogP contribution in [0.5, 0.6) is 0 Å². The molecule has 0 bridgehead atoms. The van der Waals surface area contributed by atoms with E-state index in [1.54, 1.807) is 7.11 Å². The number of benzene rings is 1. The van der Waals surface area contributed by atoms with Gasteiger partial charge in [-0.05, 0) is 19.1 Å². The Hall–Kier alpha value is -1.28. The molecule has 1 unspecified atom stereocenters. The third kappa shape index (κ3) is 4.36. The molecule has 118 valence electrons. The van der Waals surface area contributed by atoms with Crippen LogP contribution >= 0.6 is 27.3 Å². The molecule has 1 amide bonds. The standard InChI is InChI=1S/C15H18BrN3O2S/c1-9-14(10-3-5-11(16)6-4-10)19-15(22-9)18-13(20)7-12(8-17)21-2/h3-6,12H,7-8,17H2,1-2H3,(H,18,19,20). The predicted octanol–water partition coefficient (Wildman–Crippen LogP) is 3.18. The molecular formula is C15H18BrN3O2S. The summed E-state index contributed by atoms with van der Waals surface area (Å²) in [5.41, 5.74) is 7.43. The molecule has 1 aromatic heterocycles. The maximum absolute atomic E-state index is 12.0. The van der Waals surface area contributed by atoms with Crippen molar-refractivity contribution in [2.45, 2.75) is 19.4 Å². The van der Waals surface area contributed by atoms with Crippen molar-refractivity contribution >= 4 is 38.3 Å². The number of halogens is 1. The second kappa shape index (κ2) is 7.82. The van der Waals surface area contributed by atoms with Gasteiger partial charge in [-0.3, -0.25) is 4.79 Å². The molecule has 0 fully saturated rings. The molecular weight excluding hydrogens is 366 g/mol. The van der Waals surface area contributed by atoms with Crippen LogP contribution in [0.3, 0.4) is 0 Å². The van der Waals surface area contributed by atoms with Crippen LogP contribution < -0.4 is 11.1 Å². The lowest BCUT2D eigenvalue weighted by atomic mass is 10.1. The predicted molar refractivity (Wildman–Crippen MR) is 93.1 cm³/mol. The first-order valence-corrected chi connectivity index (χ1v) is 8.40. The number of nitrogens with zero attached hydrogens (tertiary/aromatic N) is 1. The number of anilines is 1. The van der Waals surface area contributed by atoms with E-state index in [0.717, 1.165) is 20.6 Å². The van der Waals surface area contributed by atoms with E-state index in [9.17, 15) is 4.79 Å². The molecule has 0 aliphatic carbocycles. The molecule has 1 atom stereocenters. The summed E-state index contributed by atoms with van der Waals surface area (Å²) in [5, 5.41) is 3.40. The topological polar surface area (TPSA) is 77.2 Å². The monoisotopic (exact) mass is 383 g/mol. The summed E-state index contributed by atoms with van der Waals surface area (Å²) >= 11 is 4.87. The number of ether oxygens (including phenoxy) is 1. The lowest BCUT2D eigenvalue weighted by Gasteiger charge is -2.11. The first kappa shape index (κ1) is 17.1. The molecule has 0 aliphatic heterocycles. The minimum atomic E-state index is -0.271. The number of carbonyl (C=O) groups excluding carboxylic acids is 1. The second-order valence-corrected chi connectivity index (χ2v) is 6.90. The quantitative estimate of drug-likeness (QED) is 0.802. The van der Waals surface area contributed by atoms with E-state index in [2.05, 4.69) is 26.2 Å². The van der Waals surface area contributed by atoms with E-state index >= 15 is 0 Å². The Kier molecular flexibility index (Phi) is 6.07. The Morgan fingerprint density at radius 1 is 1.45 bits per heavy atom. The second-order valence-electron chi connectivity index (χ2n) is 4.78. The summed E-state index contributed by atoms with van der Waals surface area (Å²) in [6.45, 7) is 2.30. The maximum atomic E-state index is 12.0. The van der Waals surface area contributed by atoms with Crippen LogP contribution in [-0.4, -0.2) is 30.6 Å². The summed E-state index contributed by atoms with van der Waals surface area (Å²) < 4.78 is 6.13. The largest absolute Gasteiger partial charge is 0.380 e. The number of nitrogens with one attached hydrogen (secondary N) is 1. The number of carbonyl (C=O) groups is 1. The molecule has 0 saturated heterocycles. The van der Waals surface area contributed by atoms with Gasteiger partial charge >= 0.3 is 0 Å². The van der Waals surface area contributed by atoms with Crippen LogP contribution in [-0.2, 0) is 9.53 Å². The van der Waals surface area contributed by atoms with Crippen molar-refractivity contribution in [1.29, 1.82) is 0 Å². The third-order valence-electron chi connectivity index (χ3n) is 3.17. The lowest BCUT2D eigenvalue weighted by molar-refractivity contribution is -0.118. The number of nitrogens with two attached hydrogens (primary N) is 1. The van der Waals surface area contributed by atoms with Crippen molar-refractivity contribution in [2.75, 3.05) is 19.0 Å². The lowest BCUT2D eigenvalue weighted by Crippen LogP contribution is -2.28. The summed E-state index contributed by atoms with van der Waals surface area (Å²) in [7, 11) is 1.55. The molecule has 1 heterocycles. The highest BCUT2D eigenvalue weighted by molar-refractivity contribution is 9.10. The van der Waals surface area contributed by atoms with Crippen molar-refractivity contribution in [1.82, 2.24) is 4.98 Å². The van der Waals surface area contributed by atoms with Gasteiger partial charge in [0, 0.05) is 28.6 Å². The normalized spacial score (nSPS) is 12.2. The highest BCUT2D eigenvalue weighted by Gasteiger charge is 2.15. The van der Waals surface area contributed by atoms with E-state index in [0.29, 0.717) is 11.7 Å². The number of methoxy groups -OCH3 is 1. The molecule has 0 radical (unpaired) electrons. The van der Waals surface area contributed by atoms with Crippen molar-refractivity contribution in [3.8, 4) is 11.3 Å². The van der Waals surface area contributed by atoms with Gasteiger partial charge in [0.05, 0.1) is 18.2 Å². The number of aryl methyl sites for hydroxylation is 1. The van der Waals surface area contributed by atoms with E-state index in [-0.39, 0.29) is 18.4 Å². The Morgan fingerprint density at radius 3 is 2.73 bits per heavy atom. The van der Waals surface area contributed by atoms with Crippen LogP contribution in [0.2, 0.25) is 0 Å². The van der Waals surface area contributed by atoms with Crippen molar-refractivity contribution in [3.05, 3.63) is 33.6 Å². The van der Waals surface area contributed by atoms with Gasteiger partial charge in [0.15, 0.2) is 5.13 Å². The minimum absolute atomic E-state index is 0.145. The van der Waals surface area contributed by atoms with Gasteiger partial charge in [0.1, 0.15) is 0 Å². The van der Waals surface area contributed by atoms with Gasteiger partial charge in [-0.2, -0.15) is 0 Å². The number of aromatic nitrogens is 1. The van der Waals surface area contributed by atoms with Crippen LogP contribution in [0.25, 0.3) is 11.3 Å². The summed E-state index contributed by atoms with van der Waals surface area (Å²) in [6, 6.07) is 7.92. The molecule has 0 saturated carbocycles. The van der Waals surface area contributed by atoms with E-state index in [1.807, 2.05) is 31.2 Å². The van der Waals surface area contributed by atoms with Gasteiger partial charge < -0.3 is 15.8 Å². The summed E-state index contributed by atoms with van der Waals surface area (Å²) in [5.74, 6) is -0.145. The number of hydrogen-bond donors (Lipinski definition) is 2. The van der Waals surface area contributed by atoms with E-state index in [1.165, 1.54) is 11.3 Å². The molecule has 5 nitrogen and oxygen atoms in total. The average molecular weight is 384 g/mol. The molecule has 2 rings (SSSR count). The SMILES string of the molecule is COC(CN)CC(=O)Nc1nc(-c2ccc(Br)cc2)c(C)s1. The molecule has 0 aliphatic rings. The molecule has 3 N–H and O–H groups in total. The van der Waals surface area contributed by atoms with Crippen LogP contribution in [0, 0.1) is 6.92 Å². The number of amides is 1. The number of hydrogen-bond acceptors (Lipinski definition) is 5. The fourth-order valence-corrected chi connectivity index (χ4v) is 3.08. The van der Waals surface area contributed by atoms with Crippen molar-refractivity contribution in [2.24, 2.45) is 5.73 Å². The van der Waals surface area contributed by atoms with Crippen molar-refractivity contribution in [3.63, 3.8) is 0 Å². The van der Waals surface area contributed by atoms with Crippen molar-refractivity contribution < 1.29 is 9.53 Å².